The summed E-state index contributed by atoms with van der Waals surface area (Å²) in [5.41, 5.74) is 12.3. The van der Waals surface area contributed by atoms with Crippen LogP contribution in [0.1, 0.15) is 33.4 Å². The molecule has 4 heteroatoms. The van der Waals surface area contributed by atoms with Gasteiger partial charge in [-0.15, -0.1) is 35.4 Å². The largest absolute Gasteiger partial charge is 0.653 e. The molecule has 0 amide bonds. The van der Waals surface area contributed by atoms with Gasteiger partial charge in [-0.1, -0.05) is 67.3 Å². The maximum absolute atomic E-state index is 7.14. The Morgan fingerprint density at radius 2 is 1.03 bits per heavy atom. The number of fused-ring (bicyclic) bond motifs is 6. The van der Waals surface area contributed by atoms with Crippen molar-refractivity contribution in [2.75, 3.05) is 27.8 Å². The average Bonchev–Trinajstić information content (AvgIpc) is 3.46. The van der Waals surface area contributed by atoms with Crippen molar-refractivity contribution in [1.29, 1.82) is 0 Å². The van der Waals surface area contributed by atoms with Crippen molar-refractivity contribution >= 4 is 0 Å². The first kappa shape index (κ1) is 31.6. The summed E-state index contributed by atoms with van der Waals surface area (Å²) in [6, 6.07) is 29.1. The Labute approximate surface area is 259 Å². The van der Waals surface area contributed by atoms with Crippen LogP contribution in [0.2, 0.25) is 0 Å². The second kappa shape index (κ2) is 15.1. The van der Waals surface area contributed by atoms with Gasteiger partial charge >= 0.3 is 0 Å². The topological polar surface area (TPSA) is 17.3 Å². The van der Waals surface area contributed by atoms with Gasteiger partial charge in [0.2, 0.25) is 0 Å². The molecule has 0 aliphatic heterocycles. The van der Waals surface area contributed by atoms with Gasteiger partial charge in [0, 0.05) is 44.8 Å². The van der Waals surface area contributed by atoms with Crippen LogP contribution in [-0.2, 0) is 57.6 Å². The van der Waals surface area contributed by atoms with E-state index in [1.165, 1.54) is 44.5 Å². The molecule has 2 radical (unpaired) electrons. The maximum Gasteiger partial charge on any atom is 0 e. The summed E-state index contributed by atoms with van der Waals surface area (Å²) in [5.74, 6) is 4.87. The first-order valence-electron chi connectivity index (χ1n) is 12.0. The fourth-order valence-electron chi connectivity index (χ4n) is 4.69. The molecule has 0 saturated heterocycles. The van der Waals surface area contributed by atoms with Gasteiger partial charge in [0.15, 0.2) is 0 Å². The second-order valence-electron chi connectivity index (χ2n) is 9.20. The quantitative estimate of drug-likeness (QED) is 0.105. The average molecular weight is 860 g/mol. The molecule has 4 aromatic carbocycles. The van der Waals surface area contributed by atoms with Crippen LogP contribution in [0.5, 0.6) is 0 Å². The van der Waals surface area contributed by atoms with E-state index in [0.717, 1.165) is 30.6 Å². The Balaban J connectivity index is 0.000000212. The Hall–Kier alpha value is -2.60. The van der Waals surface area contributed by atoms with Gasteiger partial charge in [-0.3, -0.25) is 11.8 Å². The zero-order valence-electron chi connectivity index (χ0n) is 21.7. The fourth-order valence-corrected chi connectivity index (χ4v) is 4.69. The number of rotatable bonds is 2. The van der Waals surface area contributed by atoms with Crippen molar-refractivity contribution in [1.82, 2.24) is 4.90 Å². The van der Waals surface area contributed by atoms with E-state index in [4.69, 9.17) is 12.8 Å². The Kier molecular flexibility index (Phi) is 12.6. The third-order valence-electron chi connectivity index (χ3n) is 6.31. The molecule has 200 valence electrons. The van der Waals surface area contributed by atoms with Crippen LogP contribution in [-0.4, -0.2) is 32.7 Å². The minimum Gasteiger partial charge on any atom is -0.653 e. The van der Waals surface area contributed by atoms with Crippen LogP contribution in [0.3, 0.4) is 0 Å². The Morgan fingerprint density at radius 1 is 0.632 bits per heavy atom. The van der Waals surface area contributed by atoms with Gasteiger partial charge in [-0.05, 0) is 71.4 Å². The normalized spacial score (nSPS) is 10.8. The van der Waals surface area contributed by atoms with Crippen LogP contribution in [0.15, 0.2) is 84.9 Å². The molecule has 6 rings (SSSR count). The van der Waals surface area contributed by atoms with Gasteiger partial charge in [0.1, 0.15) is 0 Å². The van der Waals surface area contributed by atoms with Crippen molar-refractivity contribution < 1.29 is 44.8 Å². The minimum absolute atomic E-state index is 0. The maximum atomic E-state index is 7.14. The van der Waals surface area contributed by atoms with Gasteiger partial charge in [0.25, 0.3) is 0 Å². The molecule has 0 N–H and O–H groups in total. The van der Waals surface area contributed by atoms with E-state index in [-0.39, 0.29) is 44.8 Å². The molecule has 2 aliphatic rings. The summed E-state index contributed by atoms with van der Waals surface area (Å²) in [6.45, 7) is 0.833. The molecule has 0 fully saturated rings. The van der Waals surface area contributed by atoms with Gasteiger partial charge in [-0.2, -0.15) is 7.05 Å². The van der Waals surface area contributed by atoms with Crippen molar-refractivity contribution in [2.45, 2.75) is 12.8 Å². The van der Waals surface area contributed by atoms with Crippen LogP contribution in [0.4, 0.5) is 0 Å². The number of hydrogen-bond acceptors (Lipinski definition) is 1. The SMILES string of the molecule is C[N-]CN(C)C.[Au].[Au].[C-]#Cc1ccc2c(c1)-c1ccccc1C2.[C-]#Cc1ccc2c(c1)-c1ccccc1C2. The third kappa shape index (κ3) is 7.49. The van der Waals surface area contributed by atoms with Crippen molar-refractivity contribution in [2.24, 2.45) is 0 Å². The molecular formula is C34H29Au2N2-3. The van der Waals surface area contributed by atoms with Gasteiger partial charge < -0.3 is 23.1 Å². The molecule has 38 heavy (non-hydrogen) atoms. The Bertz CT molecular complexity index is 1350. The number of nitrogens with zero attached hydrogens (tertiary/aromatic N) is 2. The molecule has 4 aromatic rings. The molecule has 0 heterocycles. The predicted octanol–water partition coefficient (Wildman–Crippen LogP) is 6.90. The first-order chi connectivity index (χ1) is 17.5. The van der Waals surface area contributed by atoms with E-state index >= 15 is 0 Å². The summed E-state index contributed by atoms with van der Waals surface area (Å²) in [4.78, 5) is 2.01. The molecule has 2 nitrogen and oxygen atoms in total. The fraction of sp³-hybridized carbons (Fsp3) is 0.176. The molecule has 0 unspecified atom stereocenters. The molecule has 2 aliphatic carbocycles. The molecular weight excluding hydrogens is 830 g/mol. The first-order valence-corrected chi connectivity index (χ1v) is 12.0. The minimum atomic E-state index is 0. The summed E-state index contributed by atoms with van der Waals surface area (Å²) in [6.07, 6.45) is 16.3. The van der Waals surface area contributed by atoms with Crippen molar-refractivity contribution in [3.8, 4) is 34.1 Å². The zero-order chi connectivity index (χ0) is 25.5. The van der Waals surface area contributed by atoms with Crippen molar-refractivity contribution in [3.05, 3.63) is 136 Å². The smallest absolute Gasteiger partial charge is 0 e. The summed E-state index contributed by atoms with van der Waals surface area (Å²) >= 11 is 0. The van der Waals surface area contributed by atoms with E-state index in [0.29, 0.717) is 0 Å². The van der Waals surface area contributed by atoms with E-state index in [1.54, 1.807) is 7.05 Å². The monoisotopic (exact) mass is 859 g/mol. The summed E-state index contributed by atoms with van der Waals surface area (Å²) < 4.78 is 0. The second-order valence-corrected chi connectivity index (χ2v) is 9.20. The number of hydrogen-bond donors (Lipinski definition) is 0. The number of benzene rings is 4. The third-order valence-corrected chi connectivity index (χ3v) is 6.31. The van der Waals surface area contributed by atoms with Crippen LogP contribution in [0.25, 0.3) is 27.6 Å². The van der Waals surface area contributed by atoms with Gasteiger partial charge in [-0.25, -0.2) is 0 Å². The molecule has 0 bridgehead atoms. The van der Waals surface area contributed by atoms with Crippen LogP contribution in [0, 0.1) is 24.7 Å². The molecule has 0 spiro atoms. The van der Waals surface area contributed by atoms with E-state index < -0.39 is 0 Å². The van der Waals surface area contributed by atoms with Crippen LogP contribution >= 0.6 is 0 Å². The van der Waals surface area contributed by atoms with Crippen molar-refractivity contribution in [3.63, 3.8) is 0 Å². The summed E-state index contributed by atoms with van der Waals surface area (Å²) in [5, 5.41) is 3.86. The molecule has 0 atom stereocenters. The van der Waals surface area contributed by atoms with E-state index in [2.05, 4.69) is 77.8 Å². The predicted molar refractivity (Wildman–Crippen MR) is 150 cm³/mol. The standard InChI is InChI=1S/2C15H9.C4H11N2.2Au/c2*1-2-11-7-8-13-10-12-5-3-4-6-14(12)15(13)9-11;1-5-4-6(2)3;;/h2*3-9H,10H2;4H2,1-3H3;;/q3*-1;;. The molecule has 0 aromatic heterocycles. The summed E-state index contributed by atoms with van der Waals surface area (Å²) in [7, 11) is 5.79. The van der Waals surface area contributed by atoms with E-state index in [1.807, 2.05) is 43.3 Å². The van der Waals surface area contributed by atoms with E-state index in [9.17, 15) is 0 Å². The van der Waals surface area contributed by atoms with Gasteiger partial charge in [0.05, 0.1) is 0 Å². The van der Waals surface area contributed by atoms with Crippen LogP contribution < -0.4 is 0 Å². The molecule has 0 saturated carbocycles. The Morgan fingerprint density at radius 3 is 1.37 bits per heavy atom. The zero-order valence-corrected chi connectivity index (χ0v) is 26.0.